The first kappa shape index (κ1) is 18.2. The highest BCUT2D eigenvalue weighted by Gasteiger charge is 2.21. The molecule has 1 aromatic carbocycles. The van der Waals surface area contributed by atoms with Gasteiger partial charge in [-0.3, -0.25) is 4.79 Å². The number of hydrogen-bond donors (Lipinski definition) is 2. The van der Waals surface area contributed by atoms with E-state index in [-0.39, 0.29) is 11.4 Å². The molecule has 2 N–H and O–H groups in total. The first-order valence-electron chi connectivity index (χ1n) is 7.33. The number of rotatable bonds is 7. The number of aromatic hydroxyl groups is 1. The number of aryl methyl sites for hydroxylation is 1. The van der Waals surface area contributed by atoms with E-state index in [1.54, 1.807) is 19.2 Å². The Morgan fingerprint density at radius 2 is 1.88 bits per heavy atom. The maximum atomic E-state index is 12.5. The fourth-order valence-electron chi connectivity index (χ4n) is 2.10. The first-order chi connectivity index (χ1) is 11.4. The topological polar surface area (TPSA) is 97.6 Å². The Morgan fingerprint density at radius 3 is 2.50 bits per heavy atom. The second-order valence-electron chi connectivity index (χ2n) is 5.28. The molecule has 0 spiro atoms. The van der Waals surface area contributed by atoms with Crippen LogP contribution in [0.1, 0.15) is 11.1 Å². The van der Waals surface area contributed by atoms with Crippen LogP contribution in [0.15, 0.2) is 46.2 Å². The van der Waals surface area contributed by atoms with Crippen molar-refractivity contribution in [3.63, 3.8) is 0 Å². The number of benzene rings is 1. The van der Waals surface area contributed by atoms with Crippen molar-refractivity contribution in [1.29, 1.82) is 0 Å². The average molecular weight is 352 g/mol. The van der Waals surface area contributed by atoms with Gasteiger partial charge in [-0.15, -0.1) is 0 Å². The van der Waals surface area contributed by atoms with Gasteiger partial charge in [-0.2, -0.15) is 0 Å². The summed E-state index contributed by atoms with van der Waals surface area (Å²) >= 11 is 0. The van der Waals surface area contributed by atoms with Crippen LogP contribution in [0.25, 0.3) is 0 Å². The fraction of sp³-hybridized carbons (Fsp3) is 0.312. The average Bonchev–Trinajstić information content (AvgIpc) is 2.55. The Balaban J connectivity index is 2.33. The monoisotopic (exact) mass is 352 g/mol. The standard InChI is InChI=1S/C16H20N2O5S/c1-12-3-5-14(6-4-12)24(21,22)18-9-7-13(15(19)16(18)20)11-17-8-10-23-2/h3-7,9,17,19H,8,10-11H2,1-2H3. The van der Waals surface area contributed by atoms with Crippen LogP contribution in [-0.4, -0.2) is 37.8 Å². The Morgan fingerprint density at radius 1 is 1.21 bits per heavy atom. The molecule has 24 heavy (non-hydrogen) atoms. The molecule has 7 nitrogen and oxygen atoms in total. The highest BCUT2D eigenvalue weighted by atomic mass is 32.2. The van der Waals surface area contributed by atoms with Crippen LogP contribution in [0.3, 0.4) is 0 Å². The fourth-order valence-corrected chi connectivity index (χ4v) is 3.33. The van der Waals surface area contributed by atoms with Crippen molar-refractivity contribution in [2.75, 3.05) is 20.3 Å². The largest absolute Gasteiger partial charge is 0.503 e. The minimum absolute atomic E-state index is 0.0134. The molecule has 0 unspecified atom stereocenters. The van der Waals surface area contributed by atoms with Crippen molar-refractivity contribution in [3.05, 3.63) is 58.0 Å². The van der Waals surface area contributed by atoms with E-state index in [9.17, 15) is 18.3 Å². The second kappa shape index (κ2) is 7.61. The molecule has 0 radical (unpaired) electrons. The van der Waals surface area contributed by atoms with E-state index in [0.717, 1.165) is 11.8 Å². The lowest BCUT2D eigenvalue weighted by Crippen LogP contribution is -2.28. The molecule has 0 aliphatic rings. The zero-order valence-electron chi connectivity index (χ0n) is 13.5. The molecule has 0 aliphatic heterocycles. The molecule has 2 aromatic rings. The summed E-state index contributed by atoms with van der Waals surface area (Å²) < 4.78 is 30.5. The summed E-state index contributed by atoms with van der Waals surface area (Å²) in [5.41, 5.74) is 0.259. The third-order valence-electron chi connectivity index (χ3n) is 3.49. The van der Waals surface area contributed by atoms with E-state index in [4.69, 9.17) is 4.74 Å². The number of methoxy groups -OCH3 is 1. The van der Waals surface area contributed by atoms with Crippen molar-refractivity contribution >= 4 is 10.0 Å². The number of aromatic nitrogens is 1. The maximum absolute atomic E-state index is 12.5. The third-order valence-corrected chi connectivity index (χ3v) is 5.17. The summed E-state index contributed by atoms with van der Waals surface area (Å²) in [7, 11) is -2.49. The summed E-state index contributed by atoms with van der Waals surface area (Å²) in [5, 5.41) is 13.0. The molecule has 0 saturated carbocycles. The van der Waals surface area contributed by atoms with Crippen LogP contribution in [0, 0.1) is 6.92 Å². The van der Waals surface area contributed by atoms with Gasteiger partial charge in [0.05, 0.1) is 11.5 Å². The van der Waals surface area contributed by atoms with Crippen molar-refractivity contribution in [3.8, 4) is 5.75 Å². The molecule has 1 heterocycles. The predicted molar refractivity (Wildman–Crippen MR) is 89.7 cm³/mol. The third kappa shape index (κ3) is 3.84. The molecule has 0 aliphatic carbocycles. The van der Waals surface area contributed by atoms with Gasteiger partial charge < -0.3 is 15.2 Å². The minimum atomic E-state index is -4.05. The highest BCUT2D eigenvalue weighted by molar-refractivity contribution is 7.90. The van der Waals surface area contributed by atoms with Gasteiger partial charge in [0.25, 0.3) is 10.0 Å². The van der Waals surface area contributed by atoms with Crippen molar-refractivity contribution in [2.24, 2.45) is 0 Å². The van der Waals surface area contributed by atoms with Gasteiger partial charge in [-0.05, 0) is 25.1 Å². The summed E-state index contributed by atoms with van der Waals surface area (Å²) in [4.78, 5) is 12.2. The van der Waals surface area contributed by atoms with E-state index in [2.05, 4.69) is 5.32 Å². The van der Waals surface area contributed by atoms with Gasteiger partial charge in [0.1, 0.15) is 0 Å². The number of ether oxygens (including phenoxy) is 1. The van der Waals surface area contributed by atoms with E-state index < -0.39 is 21.3 Å². The van der Waals surface area contributed by atoms with Crippen molar-refractivity contribution < 1.29 is 18.3 Å². The zero-order valence-corrected chi connectivity index (χ0v) is 14.3. The Bertz CT molecular complexity index is 857. The summed E-state index contributed by atoms with van der Waals surface area (Å²) in [6, 6.07) is 7.54. The number of pyridine rings is 1. The van der Waals surface area contributed by atoms with Gasteiger partial charge in [0.15, 0.2) is 5.75 Å². The molecular weight excluding hydrogens is 332 g/mol. The SMILES string of the molecule is COCCNCc1ccn(S(=O)(=O)c2ccc(C)cc2)c(=O)c1O. The van der Waals surface area contributed by atoms with Crippen LogP contribution in [-0.2, 0) is 21.3 Å². The molecule has 0 saturated heterocycles. The summed E-state index contributed by atoms with van der Waals surface area (Å²) in [6.45, 7) is 3.09. The second-order valence-corrected chi connectivity index (χ2v) is 7.09. The van der Waals surface area contributed by atoms with Gasteiger partial charge in [-0.1, -0.05) is 17.7 Å². The molecule has 2 rings (SSSR count). The zero-order chi connectivity index (χ0) is 17.7. The maximum Gasteiger partial charge on any atom is 0.306 e. The molecule has 0 atom stereocenters. The van der Waals surface area contributed by atoms with Gasteiger partial charge in [0.2, 0.25) is 0 Å². The van der Waals surface area contributed by atoms with Crippen LogP contribution >= 0.6 is 0 Å². The van der Waals surface area contributed by atoms with E-state index in [1.165, 1.54) is 18.2 Å². The molecule has 8 heteroatoms. The Kier molecular flexibility index (Phi) is 5.76. The molecule has 130 valence electrons. The minimum Gasteiger partial charge on any atom is -0.503 e. The van der Waals surface area contributed by atoms with Crippen LogP contribution in [0.4, 0.5) is 0 Å². The molecule has 0 amide bonds. The lowest BCUT2D eigenvalue weighted by Gasteiger charge is -2.11. The Hall–Kier alpha value is -2.16. The quantitative estimate of drug-likeness (QED) is 0.717. The predicted octanol–water partition coefficient (Wildman–Crippen LogP) is 0.835. The summed E-state index contributed by atoms with van der Waals surface area (Å²) in [6.07, 6.45) is 1.16. The van der Waals surface area contributed by atoms with Gasteiger partial charge in [0, 0.05) is 32.0 Å². The van der Waals surface area contributed by atoms with Crippen LogP contribution in [0.2, 0.25) is 0 Å². The highest BCUT2D eigenvalue weighted by Crippen LogP contribution is 2.16. The molecule has 0 fully saturated rings. The van der Waals surface area contributed by atoms with E-state index >= 15 is 0 Å². The number of nitrogens with one attached hydrogen (secondary N) is 1. The Labute approximate surface area is 140 Å². The molecule has 0 bridgehead atoms. The van der Waals surface area contributed by atoms with Crippen molar-refractivity contribution in [2.45, 2.75) is 18.4 Å². The van der Waals surface area contributed by atoms with Crippen LogP contribution < -0.4 is 10.9 Å². The summed E-state index contributed by atoms with van der Waals surface area (Å²) in [5.74, 6) is -0.585. The number of nitrogens with zero attached hydrogens (tertiary/aromatic N) is 1. The van der Waals surface area contributed by atoms with Gasteiger partial charge >= 0.3 is 5.56 Å². The lowest BCUT2D eigenvalue weighted by atomic mass is 10.2. The van der Waals surface area contributed by atoms with Crippen LogP contribution in [0.5, 0.6) is 5.75 Å². The smallest absolute Gasteiger partial charge is 0.306 e. The lowest BCUT2D eigenvalue weighted by molar-refractivity contribution is 0.199. The number of hydrogen-bond acceptors (Lipinski definition) is 6. The van der Waals surface area contributed by atoms with E-state index in [1.807, 2.05) is 6.92 Å². The normalized spacial score (nSPS) is 11.6. The van der Waals surface area contributed by atoms with Gasteiger partial charge in [-0.25, -0.2) is 12.4 Å². The van der Waals surface area contributed by atoms with E-state index in [0.29, 0.717) is 22.7 Å². The molecule has 1 aromatic heterocycles. The molecular formula is C16H20N2O5S. The first-order valence-corrected chi connectivity index (χ1v) is 8.77. The van der Waals surface area contributed by atoms with Crippen molar-refractivity contribution in [1.82, 2.24) is 9.29 Å².